The van der Waals surface area contributed by atoms with E-state index in [2.05, 4.69) is 26.8 Å². The monoisotopic (exact) mass is 524 g/mol. The van der Waals surface area contributed by atoms with E-state index < -0.39 is 5.60 Å². The van der Waals surface area contributed by atoms with Gasteiger partial charge in [-0.15, -0.1) is 0 Å². The summed E-state index contributed by atoms with van der Waals surface area (Å²) in [5.74, 6) is -0.0349. The number of fused-ring (bicyclic) bond motifs is 3. The summed E-state index contributed by atoms with van der Waals surface area (Å²) in [6.07, 6.45) is 10.3. The van der Waals surface area contributed by atoms with E-state index in [1.807, 2.05) is 26.8 Å². The Balaban J connectivity index is 1.53. The molecule has 0 saturated heterocycles. The first-order valence-electron chi connectivity index (χ1n) is 14.4. The summed E-state index contributed by atoms with van der Waals surface area (Å²) in [7, 11) is 0. The van der Waals surface area contributed by atoms with Crippen LogP contribution in [0.5, 0.6) is 0 Å². The lowest BCUT2D eigenvalue weighted by atomic mass is 9.52. The number of allylic oxidation sites excluding steroid dienone is 1. The minimum Gasteiger partial charge on any atom is -0.462 e. The van der Waals surface area contributed by atoms with Crippen LogP contribution in [0, 0.1) is 28.6 Å². The van der Waals surface area contributed by atoms with E-state index in [-0.39, 0.29) is 58.7 Å². The maximum Gasteiger partial charge on any atom is 0.333 e. The van der Waals surface area contributed by atoms with Gasteiger partial charge in [0.2, 0.25) is 0 Å². The van der Waals surface area contributed by atoms with Crippen molar-refractivity contribution in [2.24, 2.45) is 28.6 Å². The normalized spacial score (nSPS) is 39.2. The van der Waals surface area contributed by atoms with Crippen molar-refractivity contribution < 1.29 is 28.6 Å². The van der Waals surface area contributed by atoms with Gasteiger partial charge < -0.3 is 14.2 Å². The van der Waals surface area contributed by atoms with Crippen LogP contribution in [0.2, 0.25) is 0 Å². The highest BCUT2D eigenvalue weighted by Gasteiger charge is 2.66. The van der Waals surface area contributed by atoms with Crippen molar-refractivity contribution in [2.45, 2.75) is 118 Å². The van der Waals surface area contributed by atoms with E-state index in [1.165, 1.54) is 23.6 Å². The Bertz CT molecular complexity index is 1140. The van der Waals surface area contributed by atoms with Gasteiger partial charge in [0.1, 0.15) is 17.8 Å². The second kappa shape index (κ2) is 9.38. The molecular formula is C32H44O6. The van der Waals surface area contributed by atoms with Crippen LogP contribution in [0.15, 0.2) is 34.4 Å². The zero-order chi connectivity index (χ0) is 27.6. The van der Waals surface area contributed by atoms with E-state index in [4.69, 9.17) is 14.2 Å². The average molecular weight is 525 g/mol. The molecule has 0 radical (unpaired) electrons. The van der Waals surface area contributed by atoms with E-state index >= 15 is 0 Å². The number of hydrogen-bond acceptors (Lipinski definition) is 6. The molecule has 6 heteroatoms. The molecule has 0 unspecified atom stereocenters. The quantitative estimate of drug-likeness (QED) is 0.242. The molecule has 38 heavy (non-hydrogen) atoms. The molecule has 0 spiro atoms. The average Bonchev–Trinajstić information content (AvgIpc) is 2.96. The fraction of sp³-hybridized carbons (Fsp3) is 0.719. The summed E-state index contributed by atoms with van der Waals surface area (Å²) < 4.78 is 18.0. The number of cyclic esters (lactones) is 2. The molecule has 6 nitrogen and oxygen atoms in total. The highest BCUT2D eigenvalue weighted by molar-refractivity contribution is 5.88. The van der Waals surface area contributed by atoms with Crippen molar-refractivity contribution >= 4 is 17.9 Å². The first-order chi connectivity index (χ1) is 17.8. The number of carbonyl (C=O) groups is 3. The molecule has 0 amide bonds. The van der Waals surface area contributed by atoms with E-state index in [0.717, 1.165) is 44.9 Å². The number of esters is 3. The maximum absolute atomic E-state index is 12.4. The third-order valence-electron chi connectivity index (χ3n) is 11.2. The van der Waals surface area contributed by atoms with Crippen LogP contribution in [0.25, 0.3) is 0 Å². The lowest BCUT2D eigenvalue weighted by Gasteiger charge is -2.53. The molecule has 0 N–H and O–H groups in total. The van der Waals surface area contributed by atoms with Gasteiger partial charge in [-0.2, -0.15) is 0 Å². The highest BCUT2D eigenvalue weighted by atomic mass is 16.6. The Morgan fingerprint density at radius 1 is 1.13 bits per heavy atom. The fourth-order valence-electron chi connectivity index (χ4n) is 8.89. The van der Waals surface area contributed by atoms with Crippen molar-refractivity contribution in [2.75, 3.05) is 0 Å². The Morgan fingerprint density at radius 3 is 2.55 bits per heavy atom. The zero-order valence-corrected chi connectivity index (χ0v) is 24.1. The first-order valence-corrected chi connectivity index (χ1v) is 14.4. The second-order valence-corrected chi connectivity index (χ2v) is 13.4. The smallest absolute Gasteiger partial charge is 0.333 e. The number of ether oxygens (including phenoxy) is 3. The molecule has 208 valence electrons. The van der Waals surface area contributed by atoms with Crippen LogP contribution in [-0.2, 0) is 28.6 Å². The molecular weight excluding hydrogens is 480 g/mol. The lowest BCUT2D eigenvalue weighted by molar-refractivity contribution is -0.158. The van der Waals surface area contributed by atoms with Gasteiger partial charge in [-0.05, 0) is 76.5 Å². The predicted octanol–water partition coefficient (Wildman–Crippen LogP) is 6.39. The van der Waals surface area contributed by atoms with Crippen LogP contribution in [0.1, 0.15) is 99.8 Å². The molecule has 2 aliphatic heterocycles. The third kappa shape index (κ3) is 4.17. The Hall–Kier alpha value is -2.37. The van der Waals surface area contributed by atoms with Crippen LogP contribution in [0.3, 0.4) is 0 Å². The SMILES string of the molecule is CC(=O)O[C@@H]1C[C@H]([C@H](C)[C@@H]2CC=C(C)C(=O)O2)[C@@]2(C)CCC3=C(CC[C@@H]4C(=CCC(=O)OC4(C)C)C3)[C@]12C. The van der Waals surface area contributed by atoms with Gasteiger partial charge in [0, 0.05) is 30.3 Å². The van der Waals surface area contributed by atoms with E-state index in [0.29, 0.717) is 12.0 Å². The van der Waals surface area contributed by atoms with E-state index in [1.54, 1.807) is 0 Å². The Labute approximate surface area is 227 Å². The molecule has 1 fully saturated rings. The molecule has 1 saturated carbocycles. The fourth-order valence-corrected chi connectivity index (χ4v) is 8.89. The molecule has 7 atom stereocenters. The van der Waals surface area contributed by atoms with Crippen molar-refractivity contribution in [1.29, 1.82) is 0 Å². The van der Waals surface area contributed by atoms with Crippen LogP contribution < -0.4 is 0 Å². The number of carbonyl (C=O) groups excluding carboxylic acids is 3. The van der Waals surface area contributed by atoms with Gasteiger partial charge in [0.05, 0.1) is 6.42 Å². The molecule has 2 heterocycles. The van der Waals surface area contributed by atoms with Crippen molar-refractivity contribution in [3.05, 3.63) is 34.4 Å². The van der Waals surface area contributed by atoms with Gasteiger partial charge in [0.15, 0.2) is 0 Å². The zero-order valence-electron chi connectivity index (χ0n) is 24.1. The first kappa shape index (κ1) is 27.2. The summed E-state index contributed by atoms with van der Waals surface area (Å²) in [5, 5.41) is 0. The molecule has 0 aromatic heterocycles. The minimum absolute atomic E-state index is 0.100. The number of hydrogen-bond donors (Lipinski definition) is 0. The van der Waals surface area contributed by atoms with Crippen LogP contribution in [-0.4, -0.2) is 35.7 Å². The second-order valence-electron chi connectivity index (χ2n) is 13.4. The molecule has 0 bridgehead atoms. The van der Waals surface area contributed by atoms with Gasteiger partial charge in [-0.3, -0.25) is 9.59 Å². The largest absolute Gasteiger partial charge is 0.462 e. The minimum atomic E-state index is -0.545. The molecule has 0 aromatic carbocycles. The maximum atomic E-state index is 12.4. The van der Waals surface area contributed by atoms with Gasteiger partial charge in [-0.25, -0.2) is 4.79 Å². The predicted molar refractivity (Wildman–Crippen MR) is 144 cm³/mol. The molecule has 3 aliphatic carbocycles. The van der Waals surface area contributed by atoms with Gasteiger partial charge in [0.25, 0.3) is 0 Å². The standard InChI is InChI=1S/C32H44O6/c1-18-8-12-26(37-29(18)35)19(2)25-17-27(36-20(3)33)32(7)24-11-10-23-21(9-13-28(34)38-30(23,4)5)16-22(24)14-15-31(25,32)6/h8-9,19,23,25-27H,10-17H2,1-7H3/t19-,23+,25+,26-,27+,31+,32+/m0/s1. The van der Waals surface area contributed by atoms with Gasteiger partial charge in [-0.1, -0.05) is 49.6 Å². The topological polar surface area (TPSA) is 78.9 Å². The molecule has 5 rings (SSSR count). The Kier molecular flexibility index (Phi) is 6.71. The van der Waals surface area contributed by atoms with Crippen LogP contribution >= 0.6 is 0 Å². The third-order valence-corrected chi connectivity index (χ3v) is 11.2. The van der Waals surface area contributed by atoms with Crippen molar-refractivity contribution in [3.8, 4) is 0 Å². The van der Waals surface area contributed by atoms with Gasteiger partial charge >= 0.3 is 17.9 Å². The van der Waals surface area contributed by atoms with E-state index in [9.17, 15) is 14.4 Å². The van der Waals surface area contributed by atoms with Crippen LogP contribution in [0.4, 0.5) is 0 Å². The summed E-state index contributed by atoms with van der Waals surface area (Å²) in [5.41, 5.74) is 3.95. The highest BCUT2D eigenvalue weighted by Crippen LogP contribution is 2.69. The van der Waals surface area contributed by atoms with Crippen molar-refractivity contribution in [1.82, 2.24) is 0 Å². The lowest BCUT2D eigenvalue weighted by Crippen LogP contribution is -2.49. The number of rotatable bonds is 3. The molecule has 5 aliphatic rings. The molecule has 0 aromatic rings. The Morgan fingerprint density at radius 2 is 1.87 bits per heavy atom. The summed E-state index contributed by atoms with van der Waals surface area (Å²) >= 11 is 0. The summed E-state index contributed by atoms with van der Waals surface area (Å²) in [6.45, 7) is 14.4. The van der Waals surface area contributed by atoms with Crippen molar-refractivity contribution in [3.63, 3.8) is 0 Å². The summed E-state index contributed by atoms with van der Waals surface area (Å²) in [6, 6.07) is 0. The summed E-state index contributed by atoms with van der Waals surface area (Å²) in [4.78, 5) is 37.1.